The first kappa shape index (κ1) is 16.7. The number of nitrogens with one attached hydrogen (secondary N) is 1. The first-order valence-electron chi connectivity index (χ1n) is 8.42. The number of ether oxygens (including phenoxy) is 2. The Hall–Kier alpha value is -0.650. The van der Waals surface area contributed by atoms with Crippen LogP contribution in [0.1, 0.15) is 46.5 Å². The van der Waals surface area contributed by atoms with Gasteiger partial charge in [0.05, 0.1) is 19.3 Å². The average molecular weight is 298 g/mol. The number of carbonyl (C=O) groups excluding carboxylic acids is 1. The van der Waals surface area contributed by atoms with Gasteiger partial charge in [-0.25, -0.2) is 0 Å². The van der Waals surface area contributed by atoms with Gasteiger partial charge in [0.15, 0.2) is 0 Å². The smallest absolute Gasteiger partial charge is 0.323 e. The minimum absolute atomic E-state index is 0.0984. The minimum Gasteiger partial charge on any atom is -0.465 e. The van der Waals surface area contributed by atoms with E-state index in [1.165, 1.54) is 12.8 Å². The highest BCUT2D eigenvalue weighted by Gasteiger charge is 2.31. The van der Waals surface area contributed by atoms with Gasteiger partial charge in [0.1, 0.15) is 6.04 Å². The lowest BCUT2D eigenvalue weighted by Gasteiger charge is -2.38. The van der Waals surface area contributed by atoms with Crippen molar-refractivity contribution in [3.05, 3.63) is 0 Å². The largest absolute Gasteiger partial charge is 0.465 e. The summed E-state index contributed by atoms with van der Waals surface area (Å²) in [5.74, 6) is -0.0984. The van der Waals surface area contributed by atoms with E-state index in [1.807, 2.05) is 6.92 Å². The zero-order chi connectivity index (χ0) is 15.2. The standard InChI is InChI=1S/C16H30N2O3/c1-4-14-11-21-12(3)10-18(14)9-8-15(16(19)20-5-2)17-13-6-7-13/h12-15,17H,4-11H2,1-3H3. The van der Waals surface area contributed by atoms with Crippen molar-refractivity contribution in [2.24, 2.45) is 0 Å². The summed E-state index contributed by atoms with van der Waals surface area (Å²) in [7, 11) is 0. The zero-order valence-corrected chi connectivity index (χ0v) is 13.6. The van der Waals surface area contributed by atoms with E-state index in [2.05, 4.69) is 24.1 Å². The van der Waals surface area contributed by atoms with E-state index in [1.54, 1.807) is 0 Å². The maximum Gasteiger partial charge on any atom is 0.323 e. The van der Waals surface area contributed by atoms with Crippen molar-refractivity contribution < 1.29 is 14.3 Å². The van der Waals surface area contributed by atoms with Gasteiger partial charge in [-0.05, 0) is 39.5 Å². The fourth-order valence-corrected chi connectivity index (χ4v) is 2.90. The Morgan fingerprint density at radius 3 is 2.81 bits per heavy atom. The molecule has 5 nitrogen and oxygen atoms in total. The van der Waals surface area contributed by atoms with E-state index >= 15 is 0 Å². The molecule has 21 heavy (non-hydrogen) atoms. The normalized spacial score (nSPS) is 28.3. The Balaban J connectivity index is 1.84. The number of morpholine rings is 1. The molecule has 0 radical (unpaired) electrons. The highest BCUT2D eigenvalue weighted by atomic mass is 16.5. The first-order valence-corrected chi connectivity index (χ1v) is 8.42. The Morgan fingerprint density at radius 2 is 2.19 bits per heavy atom. The van der Waals surface area contributed by atoms with E-state index in [4.69, 9.17) is 9.47 Å². The van der Waals surface area contributed by atoms with Crippen molar-refractivity contribution in [1.82, 2.24) is 10.2 Å². The van der Waals surface area contributed by atoms with Gasteiger partial charge in [-0.15, -0.1) is 0 Å². The molecule has 0 spiro atoms. The van der Waals surface area contributed by atoms with Crippen molar-refractivity contribution in [1.29, 1.82) is 0 Å². The van der Waals surface area contributed by atoms with Crippen LogP contribution in [-0.4, -0.2) is 61.4 Å². The molecule has 0 aromatic heterocycles. The van der Waals surface area contributed by atoms with Crippen LogP contribution in [0.5, 0.6) is 0 Å². The number of hydrogen-bond acceptors (Lipinski definition) is 5. The molecule has 1 saturated heterocycles. The minimum atomic E-state index is -0.159. The number of rotatable bonds is 8. The van der Waals surface area contributed by atoms with Gasteiger partial charge in [-0.3, -0.25) is 9.69 Å². The van der Waals surface area contributed by atoms with Crippen molar-refractivity contribution in [3.63, 3.8) is 0 Å². The van der Waals surface area contributed by atoms with Gasteiger partial charge < -0.3 is 14.8 Å². The Labute approximate surface area is 128 Å². The summed E-state index contributed by atoms with van der Waals surface area (Å²) in [5.41, 5.74) is 0. The number of carbonyl (C=O) groups is 1. The molecule has 0 amide bonds. The van der Waals surface area contributed by atoms with Gasteiger partial charge in [0.2, 0.25) is 0 Å². The molecule has 122 valence electrons. The molecule has 0 aromatic carbocycles. The van der Waals surface area contributed by atoms with Gasteiger partial charge in [0, 0.05) is 25.2 Å². The summed E-state index contributed by atoms with van der Waals surface area (Å²) in [6.45, 7) is 9.31. The molecule has 1 heterocycles. The summed E-state index contributed by atoms with van der Waals surface area (Å²) in [4.78, 5) is 14.5. The Morgan fingerprint density at radius 1 is 1.43 bits per heavy atom. The van der Waals surface area contributed by atoms with Crippen molar-refractivity contribution in [2.75, 3.05) is 26.3 Å². The predicted molar refractivity (Wildman–Crippen MR) is 82.3 cm³/mol. The number of hydrogen-bond donors (Lipinski definition) is 1. The van der Waals surface area contributed by atoms with Crippen LogP contribution in [-0.2, 0) is 14.3 Å². The van der Waals surface area contributed by atoms with Gasteiger partial charge in [-0.1, -0.05) is 6.92 Å². The Kier molecular flexibility index (Phi) is 6.45. The van der Waals surface area contributed by atoms with Gasteiger partial charge in [0.25, 0.3) is 0 Å². The molecule has 1 aliphatic heterocycles. The van der Waals surface area contributed by atoms with Crippen molar-refractivity contribution in [3.8, 4) is 0 Å². The van der Waals surface area contributed by atoms with Crippen LogP contribution in [0.15, 0.2) is 0 Å². The monoisotopic (exact) mass is 298 g/mol. The summed E-state index contributed by atoms with van der Waals surface area (Å²) in [5, 5.41) is 3.43. The fourth-order valence-electron chi connectivity index (χ4n) is 2.90. The van der Waals surface area contributed by atoms with E-state index in [9.17, 15) is 4.79 Å². The quantitative estimate of drug-likeness (QED) is 0.689. The number of nitrogens with zero attached hydrogens (tertiary/aromatic N) is 1. The second-order valence-electron chi connectivity index (χ2n) is 6.24. The van der Waals surface area contributed by atoms with Crippen LogP contribution in [0.25, 0.3) is 0 Å². The van der Waals surface area contributed by atoms with E-state index in [0.29, 0.717) is 18.7 Å². The SMILES string of the molecule is CCOC(=O)C(CCN1CC(C)OCC1CC)NC1CC1. The molecule has 1 aliphatic carbocycles. The lowest BCUT2D eigenvalue weighted by molar-refractivity contribution is -0.146. The summed E-state index contributed by atoms with van der Waals surface area (Å²) in [6, 6.07) is 0.836. The van der Waals surface area contributed by atoms with Crippen LogP contribution in [0.3, 0.4) is 0 Å². The second kappa shape index (κ2) is 8.11. The molecule has 2 aliphatic rings. The molecule has 5 heteroatoms. The Bertz CT molecular complexity index is 333. The molecule has 2 fully saturated rings. The zero-order valence-electron chi connectivity index (χ0n) is 13.6. The van der Waals surface area contributed by atoms with E-state index in [0.717, 1.165) is 32.5 Å². The molecule has 1 N–H and O–H groups in total. The fraction of sp³-hybridized carbons (Fsp3) is 0.938. The number of esters is 1. The maximum absolute atomic E-state index is 12.1. The predicted octanol–water partition coefficient (Wildman–Crippen LogP) is 1.56. The third kappa shape index (κ3) is 5.24. The second-order valence-corrected chi connectivity index (χ2v) is 6.24. The van der Waals surface area contributed by atoms with Crippen LogP contribution < -0.4 is 5.32 Å². The molecule has 0 bridgehead atoms. The highest BCUT2D eigenvalue weighted by Crippen LogP contribution is 2.21. The summed E-state index contributed by atoms with van der Waals surface area (Å²) < 4.78 is 10.9. The van der Waals surface area contributed by atoms with Crippen LogP contribution in [0.4, 0.5) is 0 Å². The summed E-state index contributed by atoms with van der Waals surface area (Å²) in [6.07, 6.45) is 4.56. The summed E-state index contributed by atoms with van der Waals surface area (Å²) >= 11 is 0. The molecular formula is C16H30N2O3. The molecular weight excluding hydrogens is 268 g/mol. The molecule has 1 saturated carbocycles. The molecule has 0 aromatic rings. The first-order chi connectivity index (χ1) is 10.1. The van der Waals surface area contributed by atoms with Crippen molar-refractivity contribution >= 4 is 5.97 Å². The third-order valence-corrected chi connectivity index (χ3v) is 4.34. The average Bonchev–Trinajstić information content (AvgIpc) is 3.27. The highest BCUT2D eigenvalue weighted by molar-refractivity contribution is 5.75. The van der Waals surface area contributed by atoms with Gasteiger partial charge in [-0.2, -0.15) is 0 Å². The third-order valence-electron chi connectivity index (χ3n) is 4.34. The van der Waals surface area contributed by atoms with Crippen LogP contribution >= 0.6 is 0 Å². The molecule has 3 unspecified atom stereocenters. The molecule has 3 atom stereocenters. The van der Waals surface area contributed by atoms with Crippen molar-refractivity contribution in [2.45, 2.75) is 70.7 Å². The lowest BCUT2D eigenvalue weighted by Crippen LogP contribution is -2.50. The molecule has 2 rings (SSSR count). The van der Waals surface area contributed by atoms with E-state index < -0.39 is 0 Å². The van der Waals surface area contributed by atoms with Crippen LogP contribution in [0.2, 0.25) is 0 Å². The van der Waals surface area contributed by atoms with Gasteiger partial charge >= 0.3 is 5.97 Å². The van der Waals surface area contributed by atoms with Crippen LogP contribution in [0, 0.1) is 0 Å². The maximum atomic E-state index is 12.1. The topological polar surface area (TPSA) is 50.8 Å². The van der Waals surface area contributed by atoms with E-state index in [-0.39, 0.29) is 18.1 Å². The lowest BCUT2D eigenvalue weighted by atomic mass is 10.1.